The quantitative estimate of drug-likeness (QED) is 0.483. The van der Waals surface area contributed by atoms with Crippen LogP contribution in [0.4, 0.5) is 4.39 Å². The Hall–Kier alpha value is -2.33. The average Bonchev–Trinajstić information content (AvgIpc) is 2.26. The first-order valence-electron chi connectivity index (χ1n) is 4.81. The predicted octanol–water partition coefficient (Wildman–Crippen LogP) is 2.78. The Morgan fingerprint density at radius 1 is 1.59 bits per heavy atom. The summed E-state index contributed by atoms with van der Waals surface area (Å²) in [5.41, 5.74) is 8.76. The van der Waals surface area contributed by atoms with Crippen molar-refractivity contribution in [3.63, 3.8) is 0 Å². The molecule has 0 amide bonds. The highest BCUT2D eigenvalue weighted by atomic mass is 19.1. The Kier molecular flexibility index (Phi) is 4.72. The second kappa shape index (κ2) is 6.30. The summed E-state index contributed by atoms with van der Waals surface area (Å²) in [6.07, 6.45) is 2.79. The Bertz CT molecular complexity index is 493. The van der Waals surface area contributed by atoms with Gasteiger partial charge in [0, 0.05) is 17.0 Å². The van der Waals surface area contributed by atoms with Gasteiger partial charge in [0.15, 0.2) is 0 Å². The van der Waals surface area contributed by atoms with E-state index in [0.29, 0.717) is 11.1 Å². The van der Waals surface area contributed by atoms with Crippen molar-refractivity contribution in [1.82, 2.24) is 0 Å². The molecule has 0 aliphatic carbocycles. The lowest BCUT2D eigenvalue weighted by molar-refractivity contribution is -0.136. The largest absolute Gasteiger partial charge is 0.481 e. The van der Waals surface area contributed by atoms with Gasteiger partial charge in [0.25, 0.3) is 0 Å². The van der Waals surface area contributed by atoms with Gasteiger partial charge in [-0.25, -0.2) is 4.39 Å². The molecule has 1 rings (SSSR count). The third-order valence-corrected chi connectivity index (χ3v) is 1.97. The number of carboxylic acids is 1. The zero-order valence-electron chi connectivity index (χ0n) is 8.88. The van der Waals surface area contributed by atoms with E-state index in [2.05, 4.69) is 10.0 Å². The van der Waals surface area contributed by atoms with Crippen molar-refractivity contribution in [3.05, 3.63) is 51.7 Å². The number of rotatable bonds is 5. The van der Waals surface area contributed by atoms with Crippen LogP contribution in [0.5, 0.6) is 0 Å². The van der Waals surface area contributed by atoms with Crippen molar-refractivity contribution in [1.29, 1.82) is 0 Å². The molecule has 0 atom stereocenters. The van der Waals surface area contributed by atoms with Crippen LogP contribution in [0.1, 0.15) is 11.1 Å². The minimum absolute atomic E-state index is 0.146. The minimum Gasteiger partial charge on any atom is -0.481 e. The van der Waals surface area contributed by atoms with E-state index < -0.39 is 11.8 Å². The van der Waals surface area contributed by atoms with Gasteiger partial charge in [-0.1, -0.05) is 29.4 Å². The fourth-order valence-electron chi connectivity index (χ4n) is 1.25. The average molecular weight is 235 g/mol. The fraction of sp³-hybridized carbons (Fsp3) is 0.182. The van der Waals surface area contributed by atoms with E-state index in [1.54, 1.807) is 6.07 Å². The second-order valence-corrected chi connectivity index (χ2v) is 3.24. The van der Waals surface area contributed by atoms with Gasteiger partial charge in [-0.3, -0.25) is 4.79 Å². The summed E-state index contributed by atoms with van der Waals surface area (Å²) in [5, 5.41) is 11.8. The molecule has 1 N–H and O–H groups in total. The molecule has 0 spiro atoms. The summed E-state index contributed by atoms with van der Waals surface area (Å²) in [4.78, 5) is 13.0. The van der Waals surface area contributed by atoms with Crippen LogP contribution in [-0.2, 0) is 11.2 Å². The van der Waals surface area contributed by atoms with Gasteiger partial charge in [0.1, 0.15) is 5.82 Å². The first kappa shape index (κ1) is 12.7. The standard InChI is InChI=1S/C11H10FN3O2/c12-10-6-8(7-11(16)17)3-4-9(10)2-1-5-14-15-13/h1-4,6H,5,7H2,(H,16,17). The molecule has 1 aromatic rings. The van der Waals surface area contributed by atoms with Gasteiger partial charge in [-0.05, 0) is 17.2 Å². The first-order chi connectivity index (χ1) is 8.13. The normalized spacial score (nSPS) is 10.2. The number of hydrogen-bond donors (Lipinski definition) is 1. The molecule has 6 heteroatoms. The van der Waals surface area contributed by atoms with Gasteiger partial charge >= 0.3 is 5.97 Å². The summed E-state index contributed by atoms with van der Waals surface area (Å²) in [5.74, 6) is -1.50. The third kappa shape index (κ3) is 4.36. The van der Waals surface area contributed by atoms with Gasteiger partial charge in [0.2, 0.25) is 0 Å². The molecule has 0 saturated heterocycles. The lowest BCUT2D eigenvalue weighted by Gasteiger charge is -2.00. The smallest absolute Gasteiger partial charge is 0.307 e. The molecule has 0 aromatic heterocycles. The minimum atomic E-state index is -1.00. The fourth-order valence-corrected chi connectivity index (χ4v) is 1.25. The van der Waals surface area contributed by atoms with Crippen molar-refractivity contribution in [2.75, 3.05) is 6.54 Å². The van der Waals surface area contributed by atoms with E-state index in [-0.39, 0.29) is 13.0 Å². The van der Waals surface area contributed by atoms with Crippen molar-refractivity contribution in [2.24, 2.45) is 5.11 Å². The van der Waals surface area contributed by atoms with Crippen molar-refractivity contribution in [3.8, 4) is 0 Å². The Balaban J connectivity index is 2.78. The molecule has 0 aliphatic rings. The Morgan fingerprint density at radius 2 is 2.35 bits per heavy atom. The number of carbonyl (C=O) groups is 1. The monoisotopic (exact) mass is 235 g/mol. The van der Waals surface area contributed by atoms with Gasteiger partial charge in [0.05, 0.1) is 6.42 Å². The lowest BCUT2D eigenvalue weighted by Crippen LogP contribution is -2.00. The molecule has 0 saturated carbocycles. The molecule has 0 heterocycles. The number of benzene rings is 1. The van der Waals surface area contributed by atoms with E-state index in [0.717, 1.165) is 0 Å². The molecular formula is C11H10FN3O2. The molecule has 0 radical (unpaired) electrons. The highest BCUT2D eigenvalue weighted by Crippen LogP contribution is 2.12. The summed E-state index contributed by atoms with van der Waals surface area (Å²) in [6.45, 7) is 0.146. The lowest BCUT2D eigenvalue weighted by atomic mass is 10.1. The number of carboxylic acid groups (broad SMARTS) is 1. The van der Waals surface area contributed by atoms with E-state index in [1.165, 1.54) is 24.3 Å². The molecule has 5 nitrogen and oxygen atoms in total. The van der Waals surface area contributed by atoms with Crippen molar-refractivity contribution < 1.29 is 14.3 Å². The highest BCUT2D eigenvalue weighted by molar-refractivity contribution is 5.70. The maximum absolute atomic E-state index is 13.5. The van der Waals surface area contributed by atoms with Crippen LogP contribution in [0, 0.1) is 5.82 Å². The maximum atomic E-state index is 13.5. The number of halogens is 1. The van der Waals surface area contributed by atoms with Crippen LogP contribution in [0.25, 0.3) is 16.5 Å². The number of nitrogens with zero attached hydrogens (tertiary/aromatic N) is 3. The van der Waals surface area contributed by atoms with Gasteiger partial charge < -0.3 is 5.11 Å². The molecule has 0 aliphatic heterocycles. The van der Waals surface area contributed by atoms with Gasteiger partial charge in [-0.2, -0.15) is 0 Å². The SMILES string of the molecule is [N-]=[N+]=NCC=Cc1ccc(CC(=O)O)cc1F. The second-order valence-electron chi connectivity index (χ2n) is 3.24. The highest BCUT2D eigenvalue weighted by Gasteiger charge is 2.04. The molecule has 1 aromatic carbocycles. The molecule has 0 fully saturated rings. The third-order valence-electron chi connectivity index (χ3n) is 1.97. The molecule has 88 valence electrons. The van der Waals surface area contributed by atoms with Crippen LogP contribution in [0.15, 0.2) is 29.4 Å². The topological polar surface area (TPSA) is 86.1 Å². The Labute approximate surface area is 96.8 Å². The number of aliphatic carboxylic acids is 1. The Morgan fingerprint density at radius 3 is 2.94 bits per heavy atom. The summed E-state index contributed by atoms with van der Waals surface area (Å²) < 4.78 is 13.5. The molecular weight excluding hydrogens is 225 g/mol. The molecule has 0 bridgehead atoms. The number of hydrogen-bond acceptors (Lipinski definition) is 2. The summed E-state index contributed by atoms with van der Waals surface area (Å²) in [7, 11) is 0. The summed E-state index contributed by atoms with van der Waals surface area (Å²) >= 11 is 0. The summed E-state index contributed by atoms with van der Waals surface area (Å²) in [6, 6.07) is 4.21. The predicted molar refractivity (Wildman–Crippen MR) is 60.8 cm³/mol. The van der Waals surface area contributed by atoms with Gasteiger partial charge in [-0.15, -0.1) is 0 Å². The van der Waals surface area contributed by atoms with Crippen LogP contribution in [0.3, 0.4) is 0 Å². The number of azide groups is 1. The van der Waals surface area contributed by atoms with Crippen LogP contribution in [0.2, 0.25) is 0 Å². The van der Waals surface area contributed by atoms with E-state index >= 15 is 0 Å². The van der Waals surface area contributed by atoms with Crippen molar-refractivity contribution in [2.45, 2.75) is 6.42 Å². The zero-order valence-corrected chi connectivity index (χ0v) is 8.88. The van der Waals surface area contributed by atoms with Crippen molar-refractivity contribution >= 4 is 12.0 Å². The molecule has 17 heavy (non-hydrogen) atoms. The first-order valence-corrected chi connectivity index (χ1v) is 4.81. The maximum Gasteiger partial charge on any atom is 0.307 e. The van der Waals surface area contributed by atoms with E-state index in [4.69, 9.17) is 10.6 Å². The van der Waals surface area contributed by atoms with Crippen LogP contribution < -0.4 is 0 Å². The van der Waals surface area contributed by atoms with E-state index in [1.807, 2.05) is 0 Å². The van der Waals surface area contributed by atoms with E-state index in [9.17, 15) is 9.18 Å². The molecule has 0 unspecified atom stereocenters. The van der Waals surface area contributed by atoms with Crippen LogP contribution >= 0.6 is 0 Å². The van der Waals surface area contributed by atoms with Crippen LogP contribution in [-0.4, -0.2) is 17.6 Å². The zero-order chi connectivity index (χ0) is 12.7.